The second kappa shape index (κ2) is 12.6. The molecule has 3 N–H and O–H groups in total. The standard InChI is InChI=1S/C21H29N3O2.HI/c1-4-17-7-10-19(11-8-17)24-21(22)23-15-18-9-6-16(3)14-20(18)26-13-12-25-5-2;/h6-11,14H,4-5,12-13,15H2,1-3H3,(H3,22,23,24);1H. The van der Waals surface area contributed by atoms with Crippen molar-refractivity contribution < 1.29 is 9.47 Å². The lowest BCUT2D eigenvalue weighted by Gasteiger charge is -2.12. The molecule has 0 saturated heterocycles. The first kappa shape index (κ1) is 23.2. The van der Waals surface area contributed by atoms with Gasteiger partial charge in [0.1, 0.15) is 12.4 Å². The van der Waals surface area contributed by atoms with Crippen molar-refractivity contribution in [1.29, 1.82) is 0 Å². The maximum Gasteiger partial charge on any atom is 0.193 e. The van der Waals surface area contributed by atoms with Gasteiger partial charge in [0.25, 0.3) is 0 Å². The Labute approximate surface area is 179 Å². The molecule has 0 heterocycles. The summed E-state index contributed by atoms with van der Waals surface area (Å²) in [7, 11) is 0. The van der Waals surface area contributed by atoms with Gasteiger partial charge in [-0.25, -0.2) is 4.99 Å². The minimum Gasteiger partial charge on any atom is -0.491 e. The average molecular weight is 483 g/mol. The minimum atomic E-state index is 0. The van der Waals surface area contributed by atoms with Crippen LogP contribution >= 0.6 is 24.0 Å². The van der Waals surface area contributed by atoms with Gasteiger partial charge in [-0.1, -0.05) is 31.2 Å². The van der Waals surface area contributed by atoms with Crippen LogP contribution in [0.3, 0.4) is 0 Å². The van der Waals surface area contributed by atoms with Crippen molar-refractivity contribution in [1.82, 2.24) is 0 Å². The predicted octanol–water partition coefficient (Wildman–Crippen LogP) is 4.52. The Kier molecular flexibility index (Phi) is 10.8. The Morgan fingerprint density at radius 3 is 2.48 bits per heavy atom. The molecule has 0 atom stereocenters. The molecule has 0 bridgehead atoms. The first-order chi connectivity index (χ1) is 12.6. The van der Waals surface area contributed by atoms with Crippen molar-refractivity contribution in [2.45, 2.75) is 33.7 Å². The number of halogens is 1. The van der Waals surface area contributed by atoms with Crippen LogP contribution < -0.4 is 15.8 Å². The summed E-state index contributed by atoms with van der Waals surface area (Å²) in [6.45, 7) is 8.38. The third kappa shape index (κ3) is 8.17. The largest absolute Gasteiger partial charge is 0.491 e. The molecule has 0 fully saturated rings. The van der Waals surface area contributed by atoms with E-state index in [1.807, 2.05) is 44.2 Å². The Morgan fingerprint density at radius 1 is 1.07 bits per heavy atom. The summed E-state index contributed by atoms with van der Waals surface area (Å²) < 4.78 is 11.2. The number of nitrogens with zero attached hydrogens (tertiary/aromatic N) is 1. The van der Waals surface area contributed by atoms with Gasteiger partial charge >= 0.3 is 0 Å². The molecular formula is C21H30IN3O2. The van der Waals surface area contributed by atoms with Gasteiger partial charge < -0.3 is 20.5 Å². The molecule has 0 amide bonds. The molecule has 0 aliphatic carbocycles. The van der Waals surface area contributed by atoms with Crippen LogP contribution in [0.5, 0.6) is 5.75 Å². The van der Waals surface area contributed by atoms with Gasteiger partial charge in [-0.15, -0.1) is 24.0 Å². The van der Waals surface area contributed by atoms with Gasteiger partial charge in [0.05, 0.1) is 13.2 Å². The number of guanidine groups is 1. The molecule has 0 saturated carbocycles. The molecule has 0 spiro atoms. The molecule has 0 aromatic heterocycles. The zero-order valence-electron chi connectivity index (χ0n) is 16.3. The highest BCUT2D eigenvalue weighted by Crippen LogP contribution is 2.21. The first-order valence-electron chi connectivity index (χ1n) is 9.08. The number of benzene rings is 2. The fraction of sp³-hybridized carbons (Fsp3) is 0.381. The zero-order valence-corrected chi connectivity index (χ0v) is 18.7. The maximum atomic E-state index is 6.02. The monoisotopic (exact) mass is 483 g/mol. The van der Waals surface area contributed by atoms with Crippen LogP contribution in [0.25, 0.3) is 0 Å². The number of hydrogen-bond donors (Lipinski definition) is 2. The molecule has 0 aliphatic rings. The molecular weight excluding hydrogens is 453 g/mol. The van der Waals surface area contributed by atoms with E-state index in [9.17, 15) is 0 Å². The molecule has 0 unspecified atom stereocenters. The third-order valence-electron chi connectivity index (χ3n) is 3.97. The Morgan fingerprint density at radius 2 is 1.81 bits per heavy atom. The summed E-state index contributed by atoms with van der Waals surface area (Å²) >= 11 is 0. The highest BCUT2D eigenvalue weighted by molar-refractivity contribution is 14.0. The minimum absolute atomic E-state index is 0. The fourth-order valence-corrected chi connectivity index (χ4v) is 2.46. The summed E-state index contributed by atoms with van der Waals surface area (Å²) in [5, 5.41) is 3.12. The summed E-state index contributed by atoms with van der Waals surface area (Å²) in [4.78, 5) is 4.44. The van der Waals surface area contributed by atoms with E-state index in [4.69, 9.17) is 15.2 Å². The van der Waals surface area contributed by atoms with E-state index in [0.29, 0.717) is 32.3 Å². The van der Waals surface area contributed by atoms with Gasteiger partial charge in [-0.05, 0) is 49.6 Å². The second-order valence-corrected chi connectivity index (χ2v) is 6.03. The molecule has 0 radical (unpaired) electrons. The highest BCUT2D eigenvalue weighted by Gasteiger charge is 2.05. The SMILES string of the molecule is CCOCCOc1cc(C)ccc1CN=C(N)Nc1ccc(CC)cc1.I. The summed E-state index contributed by atoms with van der Waals surface area (Å²) in [6.07, 6.45) is 1.02. The van der Waals surface area contributed by atoms with E-state index < -0.39 is 0 Å². The van der Waals surface area contributed by atoms with E-state index in [0.717, 1.165) is 29.0 Å². The van der Waals surface area contributed by atoms with Gasteiger partial charge in [-0.2, -0.15) is 0 Å². The van der Waals surface area contributed by atoms with Gasteiger partial charge in [0.2, 0.25) is 0 Å². The molecule has 0 aliphatic heterocycles. The Bertz CT molecular complexity index is 718. The smallest absolute Gasteiger partial charge is 0.193 e. The van der Waals surface area contributed by atoms with Crippen LogP contribution in [-0.4, -0.2) is 25.8 Å². The maximum absolute atomic E-state index is 6.02. The number of ether oxygens (including phenoxy) is 2. The van der Waals surface area contributed by atoms with Crippen molar-refractivity contribution in [2.75, 3.05) is 25.1 Å². The molecule has 2 aromatic rings. The summed E-state index contributed by atoms with van der Waals surface area (Å²) in [5.74, 6) is 1.21. The number of aliphatic imine (C=N–C) groups is 1. The van der Waals surface area contributed by atoms with Crippen LogP contribution in [0.15, 0.2) is 47.5 Å². The zero-order chi connectivity index (χ0) is 18.8. The quantitative estimate of drug-likeness (QED) is 0.238. The Hall–Kier alpha value is -1.80. The first-order valence-corrected chi connectivity index (χ1v) is 9.08. The van der Waals surface area contributed by atoms with Crippen LogP contribution in [0.1, 0.15) is 30.5 Å². The predicted molar refractivity (Wildman–Crippen MR) is 123 cm³/mol. The lowest BCUT2D eigenvalue weighted by Crippen LogP contribution is -2.22. The number of hydrogen-bond acceptors (Lipinski definition) is 3. The van der Waals surface area contributed by atoms with E-state index >= 15 is 0 Å². The topological polar surface area (TPSA) is 68.9 Å². The van der Waals surface area contributed by atoms with E-state index in [-0.39, 0.29) is 24.0 Å². The van der Waals surface area contributed by atoms with Crippen molar-refractivity contribution in [2.24, 2.45) is 10.7 Å². The van der Waals surface area contributed by atoms with E-state index in [1.54, 1.807) is 0 Å². The number of aryl methyl sites for hydroxylation is 2. The number of rotatable bonds is 9. The van der Waals surface area contributed by atoms with Crippen molar-refractivity contribution in [3.05, 3.63) is 59.2 Å². The Balaban J connectivity index is 0.00000364. The fourth-order valence-electron chi connectivity index (χ4n) is 2.46. The molecule has 148 valence electrons. The van der Waals surface area contributed by atoms with Crippen LogP contribution in [0.4, 0.5) is 5.69 Å². The third-order valence-corrected chi connectivity index (χ3v) is 3.97. The molecule has 5 nitrogen and oxygen atoms in total. The van der Waals surface area contributed by atoms with Gasteiger partial charge in [0.15, 0.2) is 5.96 Å². The summed E-state index contributed by atoms with van der Waals surface area (Å²) in [6, 6.07) is 14.3. The molecule has 2 aromatic carbocycles. The van der Waals surface area contributed by atoms with Crippen molar-refractivity contribution in [3.8, 4) is 5.75 Å². The van der Waals surface area contributed by atoms with E-state index in [1.165, 1.54) is 5.56 Å². The number of anilines is 1. The lowest BCUT2D eigenvalue weighted by molar-refractivity contribution is 0.110. The number of nitrogens with two attached hydrogens (primary N) is 1. The van der Waals surface area contributed by atoms with Crippen LogP contribution in [0.2, 0.25) is 0 Å². The molecule has 2 rings (SSSR count). The van der Waals surface area contributed by atoms with Crippen molar-refractivity contribution >= 4 is 35.6 Å². The van der Waals surface area contributed by atoms with Gasteiger partial charge in [0, 0.05) is 17.9 Å². The second-order valence-electron chi connectivity index (χ2n) is 6.03. The van der Waals surface area contributed by atoms with Crippen LogP contribution in [-0.2, 0) is 17.7 Å². The van der Waals surface area contributed by atoms with Crippen LogP contribution in [0, 0.1) is 6.92 Å². The lowest BCUT2D eigenvalue weighted by atomic mass is 10.1. The normalized spacial score (nSPS) is 11.0. The molecule has 6 heteroatoms. The van der Waals surface area contributed by atoms with E-state index in [2.05, 4.69) is 29.4 Å². The average Bonchev–Trinajstić information content (AvgIpc) is 2.65. The molecule has 27 heavy (non-hydrogen) atoms. The van der Waals surface area contributed by atoms with Gasteiger partial charge in [-0.3, -0.25) is 0 Å². The summed E-state index contributed by atoms with van der Waals surface area (Å²) in [5.41, 5.74) is 10.4. The van der Waals surface area contributed by atoms with Crippen molar-refractivity contribution in [3.63, 3.8) is 0 Å². The highest BCUT2D eigenvalue weighted by atomic mass is 127. The number of nitrogens with one attached hydrogen (secondary N) is 1.